The predicted octanol–water partition coefficient (Wildman–Crippen LogP) is -1.77. The van der Waals surface area contributed by atoms with E-state index in [1.165, 1.54) is 6.92 Å². The van der Waals surface area contributed by atoms with E-state index in [1.807, 2.05) is 13.8 Å². The summed E-state index contributed by atoms with van der Waals surface area (Å²) in [5.41, 5.74) is 7.35. The summed E-state index contributed by atoms with van der Waals surface area (Å²) >= 11 is 0. The van der Waals surface area contributed by atoms with Gasteiger partial charge in [-0.1, -0.05) is 14.5 Å². The maximum Gasteiger partial charge on any atom is 0.0762 e. The van der Waals surface area contributed by atoms with E-state index in [1.54, 1.807) is 0 Å². The highest BCUT2D eigenvalue weighted by molar-refractivity contribution is 7.48. The van der Waals surface area contributed by atoms with Gasteiger partial charge >= 0.3 is 0 Å². The molecule has 0 aromatic heterocycles. The molecule has 0 spiro atoms. The van der Waals surface area contributed by atoms with Crippen LogP contribution < -0.4 is 21.3 Å². The second-order valence-electron chi connectivity index (χ2n) is 3.74. The predicted molar refractivity (Wildman–Crippen MR) is 75.9 cm³/mol. The highest BCUT2D eigenvalue weighted by Gasteiger charge is 1.81. The SMILES string of the molecule is CCOCCC[NH3+].CCOCCC[NH3+].CCP(=O)([O-])[O-]. The average molecular weight is 316 g/mol. The van der Waals surface area contributed by atoms with E-state index < -0.39 is 7.60 Å². The van der Waals surface area contributed by atoms with Crippen molar-refractivity contribution in [1.29, 1.82) is 0 Å². The number of quaternary nitrogens is 2. The van der Waals surface area contributed by atoms with Gasteiger partial charge < -0.3 is 35.3 Å². The Morgan fingerprint density at radius 3 is 1.35 bits per heavy atom. The molecular formula is C12H33N2O5P. The summed E-state index contributed by atoms with van der Waals surface area (Å²) in [5, 5.41) is 0. The fourth-order valence-corrected chi connectivity index (χ4v) is 0.697. The first kappa shape index (κ1) is 25.0. The van der Waals surface area contributed by atoms with Gasteiger partial charge in [0.25, 0.3) is 0 Å². The lowest BCUT2D eigenvalue weighted by molar-refractivity contribution is -0.369. The molecular weight excluding hydrogens is 283 g/mol. The van der Waals surface area contributed by atoms with Gasteiger partial charge in [-0.25, -0.2) is 0 Å². The third-order valence-electron chi connectivity index (χ3n) is 1.87. The van der Waals surface area contributed by atoms with Crippen molar-refractivity contribution < 1.29 is 35.3 Å². The van der Waals surface area contributed by atoms with Crippen molar-refractivity contribution in [2.45, 2.75) is 33.6 Å². The van der Waals surface area contributed by atoms with Crippen LogP contribution in [-0.2, 0) is 14.0 Å². The standard InChI is InChI=1S/2C5H13NO.C2H7O3P/c2*1-2-7-5-3-4-6;1-2-6(3,4)5/h2*2-6H2,1H3;2H2,1H3,(H2,3,4,5). The molecule has 0 aliphatic heterocycles. The van der Waals surface area contributed by atoms with Crippen LogP contribution in [0.2, 0.25) is 0 Å². The zero-order chi connectivity index (χ0) is 16.3. The van der Waals surface area contributed by atoms with Crippen LogP contribution in [0.25, 0.3) is 0 Å². The zero-order valence-electron chi connectivity index (χ0n) is 13.3. The second-order valence-corrected chi connectivity index (χ2v) is 5.59. The van der Waals surface area contributed by atoms with E-state index in [9.17, 15) is 14.4 Å². The molecule has 0 saturated heterocycles. The first-order chi connectivity index (χ1) is 9.39. The smallest absolute Gasteiger partial charge is 0.0762 e. The van der Waals surface area contributed by atoms with E-state index in [0.717, 1.165) is 52.4 Å². The van der Waals surface area contributed by atoms with Gasteiger partial charge in [0.1, 0.15) is 0 Å². The van der Waals surface area contributed by atoms with Gasteiger partial charge in [-0.05, 0) is 20.0 Å². The minimum Gasteiger partial charge on any atom is -0.811 e. The first-order valence-corrected chi connectivity index (χ1v) is 8.87. The van der Waals surface area contributed by atoms with E-state index in [0.29, 0.717) is 0 Å². The molecule has 0 atom stereocenters. The Kier molecular flexibility index (Phi) is 26.6. The van der Waals surface area contributed by atoms with Crippen molar-refractivity contribution in [2.24, 2.45) is 0 Å². The van der Waals surface area contributed by atoms with Gasteiger partial charge in [-0.2, -0.15) is 0 Å². The van der Waals surface area contributed by atoms with Crippen LogP contribution in [0.15, 0.2) is 0 Å². The Hall–Kier alpha value is -0.0100. The summed E-state index contributed by atoms with van der Waals surface area (Å²) in [7, 11) is -4.15. The average Bonchev–Trinajstić information content (AvgIpc) is 2.41. The molecule has 0 rings (SSSR count). The van der Waals surface area contributed by atoms with E-state index >= 15 is 0 Å². The van der Waals surface area contributed by atoms with Gasteiger partial charge in [0.15, 0.2) is 0 Å². The number of hydrogen-bond acceptors (Lipinski definition) is 5. The Morgan fingerprint density at radius 2 is 1.20 bits per heavy atom. The molecule has 0 aliphatic carbocycles. The summed E-state index contributed by atoms with van der Waals surface area (Å²) in [5.74, 6) is 0. The van der Waals surface area contributed by atoms with Crippen LogP contribution in [0.3, 0.4) is 0 Å². The van der Waals surface area contributed by atoms with E-state index in [-0.39, 0.29) is 6.16 Å². The number of rotatable bonds is 9. The minimum absolute atomic E-state index is 0.285. The zero-order valence-corrected chi connectivity index (χ0v) is 14.2. The third-order valence-corrected chi connectivity index (χ3v) is 2.65. The Balaban J connectivity index is -0.000000218. The Bertz CT molecular complexity index is 184. The summed E-state index contributed by atoms with van der Waals surface area (Å²) in [4.78, 5) is 18.9. The molecule has 0 aliphatic rings. The maximum absolute atomic E-state index is 9.47. The normalized spacial score (nSPS) is 10.2. The minimum atomic E-state index is -4.15. The highest BCUT2D eigenvalue weighted by atomic mass is 31.2. The maximum atomic E-state index is 9.47. The summed E-state index contributed by atoms with van der Waals surface area (Å²) in [6.45, 7) is 10.7. The molecule has 6 N–H and O–H groups in total. The van der Waals surface area contributed by atoms with E-state index in [4.69, 9.17) is 9.47 Å². The topological polar surface area (TPSA) is 137 Å². The summed E-state index contributed by atoms with van der Waals surface area (Å²) < 4.78 is 19.5. The lowest BCUT2D eigenvalue weighted by atomic mass is 10.5. The molecule has 0 heterocycles. The monoisotopic (exact) mass is 316 g/mol. The Morgan fingerprint density at radius 1 is 0.900 bits per heavy atom. The highest BCUT2D eigenvalue weighted by Crippen LogP contribution is 2.19. The molecule has 0 saturated carbocycles. The molecule has 0 radical (unpaired) electrons. The molecule has 0 unspecified atom stereocenters. The lowest BCUT2D eigenvalue weighted by Gasteiger charge is -2.26. The fraction of sp³-hybridized carbons (Fsp3) is 1.00. The van der Waals surface area contributed by atoms with Crippen molar-refractivity contribution in [1.82, 2.24) is 0 Å². The van der Waals surface area contributed by atoms with Crippen molar-refractivity contribution in [3.63, 3.8) is 0 Å². The lowest BCUT2D eigenvalue weighted by Crippen LogP contribution is -2.50. The summed E-state index contributed by atoms with van der Waals surface area (Å²) in [6.07, 6.45) is 1.90. The molecule has 0 aromatic carbocycles. The number of ether oxygens (including phenoxy) is 2. The van der Waals surface area contributed by atoms with Crippen LogP contribution in [0.4, 0.5) is 0 Å². The quantitative estimate of drug-likeness (QED) is 0.383. The van der Waals surface area contributed by atoms with Gasteiger partial charge in [0.2, 0.25) is 0 Å². The molecule has 20 heavy (non-hydrogen) atoms. The van der Waals surface area contributed by atoms with Crippen molar-refractivity contribution in [3.8, 4) is 0 Å². The molecule has 0 amide bonds. The molecule has 0 aromatic rings. The van der Waals surface area contributed by atoms with E-state index in [2.05, 4.69) is 11.5 Å². The largest absolute Gasteiger partial charge is 0.811 e. The van der Waals surface area contributed by atoms with Gasteiger partial charge in [0.05, 0.1) is 26.3 Å². The van der Waals surface area contributed by atoms with Crippen molar-refractivity contribution in [2.75, 3.05) is 45.7 Å². The number of hydrogen-bond donors (Lipinski definition) is 2. The van der Waals surface area contributed by atoms with Crippen molar-refractivity contribution in [3.05, 3.63) is 0 Å². The Labute approximate surface area is 123 Å². The second kappa shape index (κ2) is 21.3. The third kappa shape index (κ3) is 43.0. The van der Waals surface area contributed by atoms with Crippen LogP contribution >= 0.6 is 7.60 Å². The first-order valence-electron chi connectivity index (χ1n) is 7.14. The van der Waals surface area contributed by atoms with Gasteiger partial charge in [0, 0.05) is 26.1 Å². The van der Waals surface area contributed by atoms with Crippen LogP contribution in [0.1, 0.15) is 33.6 Å². The van der Waals surface area contributed by atoms with Crippen molar-refractivity contribution >= 4 is 7.60 Å². The van der Waals surface area contributed by atoms with Crippen LogP contribution in [0.5, 0.6) is 0 Å². The van der Waals surface area contributed by atoms with Crippen LogP contribution in [0, 0.1) is 0 Å². The molecule has 126 valence electrons. The van der Waals surface area contributed by atoms with Gasteiger partial charge in [-0.3, -0.25) is 0 Å². The molecule has 0 fully saturated rings. The van der Waals surface area contributed by atoms with Gasteiger partial charge in [-0.15, -0.1) is 0 Å². The molecule has 8 heteroatoms. The molecule has 0 bridgehead atoms. The fourth-order valence-electron chi connectivity index (χ4n) is 0.697. The summed E-state index contributed by atoms with van der Waals surface area (Å²) in [6, 6.07) is 0. The van der Waals surface area contributed by atoms with Crippen LogP contribution in [-0.4, -0.2) is 45.7 Å². The molecule has 7 nitrogen and oxygen atoms in total.